The van der Waals surface area contributed by atoms with Crippen LogP contribution in [0.25, 0.3) is 0 Å². The number of benzene rings is 1. The van der Waals surface area contributed by atoms with Crippen molar-refractivity contribution in [2.24, 2.45) is 23.7 Å². The van der Waals surface area contributed by atoms with Gasteiger partial charge >= 0.3 is 5.97 Å². The topological polar surface area (TPSA) is 84.2 Å². The van der Waals surface area contributed by atoms with Crippen LogP contribution in [0.3, 0.4) is 0 Å². The molecule has 4 atom stereocenters. The molecule has 1 fully saturated rings. The first-order valence-corrected chi connectivity index (χ1v) is 10.2. The Hall–Kier alpha value is -2.31. The number of aliphatic carboxylic acids is 1. The van der Waals surface area contributed by atoms with Crippen molar-refractivity contribution in [1.29, 1.82) is 0 Å². The Bertz CT molecular complexity index is 1010. The number of aryl methyl sites for hydroxylation is 1. The molecule has 1 aromatic carbocycles. The average Bonchev–Trinajstić information content (AvgIpc) is 3.34. The number of carbonyl (C=O) groups excluding carboxylic acids is 1. The van der Waals surface area contributed by atoms with Gasteiger partial charge in [0.25, 0.3) is 0 Å². The number of aromatic nitrogens is 2. The Kier molecular flexibility index (Phi) is 5.17. The number of carbonyl (C=O) groups is 2. The Morgan fingerprint density at radius 2 is 1.79 bits per heavy atom. The van der Waals surface area contributed by atoms with E-state index in [1.807, 2.05) is 26.0 Å². The molecule has 6 nitrogen and oxygen atoms in total. The maximum absolute atomic E-state index is 13.0. The molecule has 0 aliphatic heterocycles. The highest BCUT2D eigenvalue weighted by atomic mass is 35.5. The molecule has 1 aromatic heterocycles. The summed E-state index contributed by atoms with van der Waals surface area (Å²) in [6.07, 6.45) is 4.61. The number of nitrogens with one attached hydrogen (secondary N) is 1. The van der Waals surface area contributed by atoms with Crippen molar-refractivity contribution in [3.05, 3.63) is 57.3 Å². The smallest absolute Gasteiger partial charge is 0.307 e. The third kappa shape index (κ3) is 3.45. The van der Waals surface area contributed by atoms with Gasteiger partial charge in [-0.15, -0.1) is 0 Å². The van der Waals surface area contributed by atoms with Gasteiger partial charge < -0.3 is 10.4 Å². The molecule has 152 valence electrons. The van der Waals surface area contributed by atoms with Crippen LogP contribution in [0, 0.1) is 37.5 Å². The fraction of sp³-hybridized carbons (Fsp3) is 0.381. The predicted octanol–water partition coefficient (Wildman–Crippen LogP) is 4.32. The molecule has 1 heterocycles. The zero-order valence-corrected chi connectivity index (χ0v) is 17.5. The molecular weight excluding hydrogens is 413 g/mol. The van der Waals surface area contributed by atoms with Crippen LogP contribution in [0.1, 0.15) is 23.4 Å². The Morgan fingerprint density at radius 1 is 1.17 bits per heavy atom. The molecule has 2 aliphatic rings. The van der Waals surface area contributed by atoms with Crippen LogP contribution in [0.4, 0.5) is 5.69 Å². The van der Waals surface area contributed by atoms with Gasteiger partial charge in [-0.3, -0.25) is 14.3 Å². The largest absolute Gasteiger partial charge is 0.481 e. The lowest BCUT2D eigenvalue weighted by molar-refractivity contribution is -0.146. The number of amides is 1. The first kappa shape index (κ1) is 20.0. The van der Waals surface area contributed by atoms with Gasteiger partial charge in [0.1, 0.15) is 0 Å². The van der Waals surface area contributed by atoms with Crippen LogP contribution in [0.15, 0.2) is 30.4 Å². The lowest BCUT2D eigenvalue weighted by Crippen LogP contribution is -2.36. The summed E-state index contributed by atoms with van der Waals surface area (Å²) in [6.45, 7) is 4.04. The fourth-order valence-electron chi connectivity index (χ4n) is 4.59. The summed E-state index contributed by atoms with van der Waals surface area (Å²) in [5.41, 5.74) is 2.78. The van der Waals surface area contributed by atoms with E-state index in [4.69, 9.17) is 23.2 Å². The minimum absolute atomic E-state index is 0.0290. The highest BCUT2D eigenvalue weighted by molar-refractivity contribution is 6.36. The van der Waals surface area contributed by atoms with Gasteiger partial charge in [-0.25, -0.2) is 0 Å². The lowest BCUT2D eigenvalue weighted by Gasteiger charge is -2.24. The molecule has 2 bridgehead atoms. The van der Waals surface area contributed by atoms with E-state index in [1.54, 1.807) is 22.9 Å². The molecule has 0 spiro atoms. The second-order valence-electron chi connectivity index (χ2n) is 7.73. The average molecular weight is 434 g/mol. The second kappa shape index (κ2) is 7.50. The molecule has 29 heavy (non-hydrogen) atoms. The van der Waals surface area contributed by atoms with E-state index in [1.165, 1.54) is 0 Å². The van der Waals surface area contributed by atoms with E-state index in [0.29, 0.717) is 28.0 Å². The first-order chi connectivity index (χ1) is 13.8. The molecule has 1 amide bonds. The van der Waals surface area contributed by atoms with E-state index >= 15 is 0 Å². The normalized spacial score (nSPS) is 24.8. The third-order valence-corrected chi connectivity index (χ3v) is 6.75. The highest BCUT2D eigenvalue weighted by Gasteiger charge is 2.51. The highest BCUT2D eigenvalue weighted by Crippen LogP contribution is 2.48. The maximum atomic E-state index is 13.0. The summed E-state index contributed by atoms with van der Waals surface area (Å²) in [5, 5.41) is 18.2. The van der Waals surface area contributed by atoms with E-state index in [2.05, 4.69) is 10.4 Å². The molecule has 0 radical (unpaired) electrons. The fourth-order valence-corrected chi connectivity index (χ4v) is 5.10. The molecule has 0 unspecified atom stereocenters. The summed E-state index contributed by atoms with van der Waals surface area (Å²) in [7, 11) is 0. The number of fused-ring (bicyclic) bond motifs is 2. The SMILES string of the molecule is Cc1nn(Cc2c(Cl)cccc2Cl)c(C)c1NC(=O)[C@@H]1[C@H](C(=O)O)[C@H]2C=C[C@H]1C2. The summed E-state index contributed by atoms with van der Waals surface area (Å²) < 4.78 is 1.74. The van der Waals surface area contributed by atoms with Crippen LogP contribution < -0.4 is 5.32 Å². The van der Waals surface area contributed by atoms with Crippen LogP contribution >= 0.6 is 23.2 Å². The summed E-state index contributed by atoms with van der Waals surface area (Å²) >= 11 is 12.5. The van der Waals surface area contributed by atoms with Gasteiger partial charge in [-0.2, -0.15) is 5.10 Å². The minimum Gasteiger partial charge on any atom is -0.481 e. The number of anilines is 1. The maximum Gasteiger partial charge on any atom is 0.307 e. The number of hydrogen-bond acceptors (Lipinski definition) is 3. The monoisotopic (exact) mass is 433 g/mol. The van der Waals surface area contributed by atoms with Crippen LogP contribution in [0.5, 0.6) is 0 Å². The number of nitrogens with zero attached hydrogens (tertiary/aromatic N) is 2. The van der Waals surface area contributed by atoms with Gasteiger partial charge in [-0.05, 0) is 44.2 Å². The van der Waals surface area contributed by atoms with Crippen molar-refractivity contribution in [1.82, 2.24) is 9.78 Å². The van der Waals surface area contributed by atoms with Gasteiger partial charge in [0.2, 0.25) is 5.91 Å². The zero-order valence-electron chi connectivity index (χ0n) is 16.0. The predicted molar refractivity (Wildman–Crippen MR) is 111 cm³/mol. The molecule has 1 saturated carbocycles. The Labute approximate surface area is 178 Å². The van der Waals surface area contributed by atoms with Crippen molar-refractivity contribution < 1.29 is 14.7 Å². The summed E-state index contributed by atoms with van der Waals surface area (Å²) in [5.74, 6) is -2.53. The van der Waals surface area contributed by atoms with E-state index in [-0.39, 0.29) is 17.7 Å². The molecule has 2 aromatic rings. The number of carboxylic acids is 1. The second-order valence-corrected chi connectivity index (χ2v) is 8.55. The van der Waals surface area contributed by atoms with E-state index < -0.39 is 17.8 Å². The van der Waals surface area contributed by atoms with Crippen molar-refractivity contribution >= 4 is 40.8 Å². The number of allylic oxidation sites excluding steroid dienone is 2. The van der Waals surface area contributed by atoms with Gasteiger partial charge in [0.05, 0.1) is 35.5 Å². The number of rotatable bonds is 5. The number of hydrogen-bond donors (Lipinski definition) is 2. The molecule has 8 heteroatoms. The van der Waals surface area contributed by atoms with Crippen LogP contribution in [-0.2, 0) is 16.1 Å². The zero-order chi connectivity index (χ0) is 20.9. The Morgan fingerprint density at radius 3 is 2.41 bits per heavy atom. The van der Waals surface area contributed by atoms with Crippen molar-refractivity contribution in [3.8, 4) is 0 Å². The molecule has 2 aliphatic carbocycles. The summed E-state index contributed by atoms with van der Waals surface area (Å²) in [6, 6.07) is 5.32. The summed E-state index contributed by atoms with van der Waals surface area (Å²) in [4.78, 5) is 24.7. The molecular formula is C21H21Cl2N3O3. The van der Waals surface area contributed by atoms with Crippen LogP contribution in [-0.4, -0.2) is 26.8 Å². The third-order valence-electron chi connectivity index (χ3n) is 6.05. The lowest BCUT2D eigenvalue weighted by atomic mass is 9.82. The van der Waals surface area contributed by atoms with Crippen molar-refractivity contribution in [2.45, 2.75) is 26.8 Å². The number of carboxylic acid groups (broad SMARTS) is 1. The number of halogens is 2. The quantitative estimate of drug-likeness (QED) is 0.687. The molecule has 0 saturated heterocycles. The van der Waals surface area contributed by atoms with Crippen LogP contribution in [0.2, 0.25) is 10.0 Å². The van der Waals surface area contributed by atoms with E-state index in [0.717, 1.165) is 17.7 Å². The minimum atomic E-state index is -0.917. The first-order valence-electron chi connectivity index (χ1n) is 9.46. The standard InChI is InChI=1S/C21H21Cl2N3O3/c1-10-19(11(2)26(25-10)9-14-15(22)4-3-5-16(14)23)24-20(27)17-12-6-7-13(8-12)18(17)21(28)29/h3-7,12-13,17-18H,8-9H2,1-2H3,(H,24,27)(H,28,29)/t12-,13-,17-,18+/m0/s1. The van der Waals surface area contributed by atoms with Gasteiger partial charge in [-0.1, -0.05) is 41.4 Å². The van der Waals surface area contributed by atoms with Crippen molar-refractivity contribution in [3.63, 3.8) is 0 Å². The molecule has 4 rings (SSSR count). The van der Waals surface area contributed by atoms with Crippen molar-refractivity contribution in [2.75, 3.05) is 5.32 Å². The Balaban J connectivity index is 1.58. The van der Waals surface area contributed by atoms with Gasteiger partial charge in [0, 0.05) is 15.6 Å². The van der Waals surface area contributed by atoms with E-state index in [9.17, 15) is 14.7 Å². The molecule has 2 N–H and O–H groups in total. The van der Waals surface area contributed by atoms with Gasteiger partial charge in [0.15, 0.2) is 0 Å².